The number of aryl methyl sites for hydroxylation is 1. The molecular formula is C12H14ClN3O. The average molecular weight is 252 g/mol. The van der Waals surface area contributed by atoms with Crippen molar-refractivity contribution in [1.29, 1.82) is 0 Å². The molecule has 2 aromatic rings. The maximum atomic E-state index is 6.22. The van der Waals surface area contributed by atoms with E-state index in [0.29, 0.717) is 11.6 Å². The molecule has 0 bridgehead atoms. The van der Waals surface area contributed by atoms with E-state index in [1.165, 1.54) is 0 Å². The molecule has 0 saturated heterocycles. The van der Waals surface area contributed by atoms with Gasteiger partial charge in [0.2, 0.25) is 0 Å². The second kappa shape index (κ2) is 4.77. The van der Waals surface area contributed by atoms with Gasteiger partial charge in [0.25, 0.3) is 0 Å². The topological polar surface area (TPSA) is 53.1 Å². The number of rotatable bonds is 3. The number of nitrogens with two attached hydrogens (primary N) is 1. The number of hydrogen-bond acceptors (Lipinski definition) is 3. The largest absolute Gasteiger partial charge is 0.497 e. The van der Waals surface area contributed by atoms with Crippen molar-refractivity contribution in [2.24, 2.45) is 12.8 Å². The first-order chi connectivity index (χ1) is 8.17. The molecule has 2 rings (SSSR count). The normalized spacial score (nSPS) is 10.6. The molecule has 2 N–H and O–H groups in total. The molecule has 0 radical (unpaired) electrons. The molecule has 0 aliphatic carbocycles. The first-order valence-corrected chi connectivity index (χ1v) is 5.60. The third-order valence-corrected chi connectivity index (χ3v) is 3.03. The fourth-order valence-electron chi connectivity index (χ4n) is 1.77. The standard InChI is InChI=1S/C12H14ClN3O/c1-16-12(6-14)10(7-15-16)9-4-3-8(17-2)5-11(9)13/h3-5,7H,6,14H2,1-2H3. The number of methoxy groups -OCH3 is 1. The molecule has 0 fully saturated rings. The summed E-state index contributed by atoms with van der Waals surface area (Å²) in [7, 11) is 3.48. The van der Waals surface area contributed by atoms with E-state index in [2.05, 4.69) is 5.10 Å². The minimum Gasteiger partial charge on any atom is -0.497 e. The molecule has 90 valence electrons. The van der Waals surface area contributed by atoms with Crippen molar-refractivity contribution >= 4 is 11.6 Å². The summed E-state index contributed by atoms with van der Waals surface area (Å²) in [5.74, 6) is 0.733. The molecule has 0 aliphatic rings. The van der Waals surface area contributed by atoms with Gasteiger partial charge in [-0.05, 0) is 18.2 Å². The van der Waals surface area contributed by atoms with Crippen molar-refractivity contribution in [2.75, 3.05) is 7.11 Å². The van der Waals surface area contributed by atoms with E-state index < -0.39 is 0 Å². The Morgan fingerprint density at radius 2 is 2.18 bits per heavy atom. The summed E-state index contributed by atoms with van der Waals surface area (Å²) in [6, 6.07) is 5.57. The third-order valence-electron chi connectivity index (χ3n) is 2.72. The second-order valence-electron chi connectivity index (χ2n) is 3.68. The summed E-state index contributed by atoms with van der Waals surface area (Å²) in [5.41, 5.74) is 8.54. The highest BCUT2D eigenvalue weighted by Gasteiger charge is 2.12. The summed E-state index contributed by atoms with van der Waals surface area (Å²) in [6.45, 7) is 0.425. The fraction of sp³-hybridized carbons (Fsp3) is 0.250. The fourth-order valence-corrected chi connectivity index (χ4v) is 2.04. The molecule has 0 saturated carbocycles. The van der Waals surface area contributed by atoms with Crippen molar-refractivity contribution < 1.29 is 4.74 Å². The van der Waals surface area contributed by atoms with Crippen LogP contribution in [0.1, 0.15) is 5.69 Å². The molecule has 0 unspecified atom stereocenters. The lowest BCUT2D eigenvalue weighted by Crippen LogP contribution is -2.05. The van der Waals surface area contributed by atoms with Crippen LogP contribution in [-0.2, 0) is 13.6 Å². The zero-order chi connectivity index (χ0) is 12.4. The Labute approximate surface area is 105 Å². The number of halogens is 1. The van der Waals surface area contributed by atoms with Gasteiger partial charge < -0.3 is 10.5 Å². The van der Waals surface area contributed by atoms with Gasteiger partial charge in [0.15, 0.2) is 0 Å². The second-order valence-corrected chi connectivity index (χ2v) is 4.09. The van der Waals surface area contributed by atoms with Crippen LogP contribution in [0, 0.1) is 0 Å². The van der Waals surface area contributed by atoms with Gasteiger partial charge in [0.1, 0.15) is 5.75 Å². The van der Waals surface area contributed by atoms with Crippen molar-refractivity contribution in [2.45, 2.75) is 6.54 Å². The molecule has 1 aromatic heterocycles. The number of hydrogen-bond donors (Lipinski definition) is 1. The Hall–Kier alpha value is -1.52. The molecule has 1 aromatic carbocycles. The van der Waals surface area contributed by atoms with Crippen LogP contribution in [0.2, 0.25) is 5.02 Å². The van der Waals surface area contributed by atoms with Crippen LogP contribution in [0.25, 0.3) is 11.1 Å². The Balaban J connectivity index is 2.53. The highest BCUT2D eigenvalue weighted by Crippen LogP contribution is 2.32. The Morgan fingerprint density at radius 1 is 1.41 bits per heavy atom. The quantitative estimate of drug-likeness (QED) is 0.910. The molecule has 4 nitrogen and oxygen atoms in total. The van der Waals surface area contributed by atoms with Gasteiger partial charge in [0, 0.05) is 24.7 Å². The lowest BCUT2D eigenvalue weighted by atomic mass is 10.1. The zero-order valence-electron chi connectivity index (χ0n) is 9.77. The predicted molar refractivity (Wildman–Crippen MR) is 68.1 cm³/mol. The van der Waals surface area contributed by atoms with Crippen molar-refractivity contribution in [3.8, 4) is 16.9 Å². The summed E-state index contributed by atoms with van der Waals surface area (Å²) in [6.07, 6.45) is 1.77. The van der Waals surface area contributed by atoms with Gasteiger partial charge in [-0.3, -0.25) is 4.68 Å². The minimum absolute atomic E-state index is 0.425. The highest BCUT2D eigenvalue weighted by atomic mass is 35.5. The maximum absolute atomic E-state index is 6.22. The van der Waals surface area contributed by atoms with Crippen molar-refractivity contribution in [1.82, 2.24) is 9.78 Å². The first kappa shape index (κ1) is 12.0. The average Bonchev–Trinajstić information content (AvgIpc) is 2.70. The monoisotopic (exact) mass is 251 g/mol. The molecule has 0 spiro atoms. The molecule has 17 heavy (non-hydrogen) atoms. The highest BCUT2D eigenvalue weighted by molar-refractivity contribution is 6.33. The van der Waals surface area contributed by atoms with Crippen LogP contribution in [0.5, 0.6) is 5.75 Å². The van der Waals surface area contributed by atoms with Gasteiger partial charge in [0.05, 0.1) is 24.0 Å². The van der Waals surface area contributed by atoms with Crippen LogP contribution < -0.4 is 10.5 Å². The lowest BCUT2D eigenvalue weighted by molar-refractivity contribution is 0.415. The lowest BCUT2D eigenvalue weighted by Gasteiger charge is -2.07. The summed E-state index contributed by atoms with van der Waals surface area (Å²) < 4.78 is 6.88. The Bertz CT molecular complexity index is 537. The first-order valence-electron chi connectivity index (χ1n) is 5.22. The van der Waals surface area contributed by atoms with E-state index in [-0.39, 0.29) is 0 Å². The van der Waals surface area contributed by atoms with E-state index in [9.17, 15) is 0 Å². The van der Waals surface area contributed by atoms with Crippen LogP contribution in [-0.4, -0.2) is 16.9 Å². The summed E-state index contributed by atoms with van der Waals surface area (Å²) in [4.78, 5) is 0. The molecular weight excluding hydrogens is 238 g/mol. The summed E-state index contributed by atoms with van der Waals surface area (Å²) >= 11 is 6.22. The zero-order valence-corrected chi connectivity index (χ0v) is 10.5. The van der Waals surface area contributed by atoms with E-state index in [4.69, 9.17) is 22.1 Å². The predicted octanol–water partition coefficient (Wildman–Crippen LogP) is 2.21. The van der Waals surface area contributed by atoms with Crippen molar-refractivity contribution in [3.05, 3.63) is 35.1 Å². The Kier molecular flexibility index (Phi) is 3.36. The molecule has 0 atom stereocenters. The van der Waals surface area contributed by atoms with E-state index in [0.717, 1.165) is 22.6 Å². The van der Waals surface area contributed by atoms with Gasteiger partial charge >= 0.3 is 0 Å². The van der Waals surface area contributed by atoms with E-state index in [1.807, 2.05) is 19.2 Å². The third kappa shape index (κ3) is 2.14. The van der Waals surface area contributed by atoms with Gasteiger partial charge in [-0.2, -0.15) is 5.10 Å². The van der Waals surface area contributed by atoms with Crippen LogP contribution in [0.4, 0.5) is 0 Å². The van der Waals surface area contributed by atoms with Crippen LogP contribution >= 0.6 is 11.6 Å². The number of benzene rings is 1. The van der Waals surface area contributed by atoms with E-state index in [1.54, 1.807) is 24.1 Å². The number of ether oxygens (including phenoxy) is 1. The molecule has 5 heteroatoms. The summed E-state index contributed by atoms with van der Waals surface area (Å²) in [5, 5.41) is 4.83. The molecule has 1 heterocycles. The van der Waals surface area contributed by atoms with E-state index >= 15 is 0 Å². The van der Waals surface area contributed by atoms with Crippen molar-refractivity contribution in [3.63, 3.8) is 0 Å². The number of nitrogens with zero attached hydrogens (tertiary/aromatic N) is 2. The molecule has 0 amide bonds. The SMILES string of the molecule is COc1ccc(-c2cnn(C)c2CN)c(Cl)c1. The Morgan fingerprint density at radius 3 is 2.76 bits per heavy atom. The van der Waals surface area contributed by atoms with Crippen LogP contribution in [0.15, 0.2) is 24.4 Å². The van der Waals surface area contributed by atoms with Gasteiger partial charge in [-0.1, -0.05) is 11.6 Å². The van der Waals surface area contributed by atoms with Gasteiger partial charge in [-0.25, -0.2) is 0 Å². The molecule has 0 aliphatic heterocycles. The minimum atomic E-state index is 0.425. The number of aromatic nitrogens is 2. The maximum Gasteiger partial charge on any atom is 0.120 e. The van der Waals surface area contributed by atoms with Gasteiger partial charge in [-0.15, -0.1) is 0 Å². The smallest absolute Gasteiger partial charge is 0.120 e. The van der Waals surface area contributed by atoms with Crippen LogP contribution in [0.3, 0.4) is 0 Å².